The predicted molar refractivity (Wildman–Crippen MR) is 69.4 cm³/mol. The molecule has 2 aliphatic rings. The lowest BCUT2D eigenvalue weighted by atomic mass is 9.85. The van der Waals surface area contributed by atoms with Crippen LogP contribution in [0.2, 0.25) is 0 Å². The van der Waals surface area contributed by atoms with Gasteiger partial charge in [0.25, 0.3) is 0 Å². The molecule has 2 rings (SSSR count). The Morgan fingerprint density at radius 3 is 2.47 bits per heavy atom. The highest BCUT2D eigenvalue weighted by Gasteiger charge is 2.31. The molecule has 5 heteroatoms. The highest BCUT2D eigenvalue weighted by molar-refractivity contribution is 7.90. The highest BCUT2D eigenvalue weighted by Crippen LogP contribution is 2.27. The summed E-state index contributed by atoms with van der Waals surface area (Å²) in [7, 11) is -3.12. The van der Waals surface area contributed by atoms with Crippen molar-refractivity contribution in [3.05, 3.63) is 0 Å². The van der Waals surface area contributed by atoms with Crippen LogP contribution in [0.1, 0.15) is 45.4 Å². The van der Waals surface area contributed by atoms with E-state index in [0.717, 1.165) is 13.0 Å². The maximum absolute atomic E-state index is 12.1. The molecule has 0 radical (unpaired) electrons. The van der Waals surface area contributed by atoms with Gasteiger partial charge in [0, 0.05) is 12.6 Å². The summed E-state index contributed by atoms with van der Waals surface area (Å²) in [6, 6.07) is 0.0981. The molecule has 100 valence electrons. The number of hydrogen-bond acceptors (Lipinski definition) is 3. The molecule has 0 aromatic carbocycles. The topological polar surface area (TPSA) is 58.2 Å². The monoisotopic (exact) mass is 260 g/mol. The average molecular weight is 260 g/mol. The Balaban J connectivity index is 1.90. The maximum atomic E-state index is 12.1. The van der Waals surface area contributed by atoms with Crippen molar-refractivity contribution in [2.24, 2.45) is 5.92 Å². The molecule has 0 spiro atoms. The molecule has 1 aliphatic heterocycles. The lowest BCUT2D eigenvalue weighted by molar-refractivity contribution is 0.302. The van der Waals surface area contributed by atoms with Gasteiger partial charge in [0.1, 0.15) is 0 Å². The highest BCUT2D eigenvalue weighted by atomic mass is 32.2. The first kappa shape index (κ1) is 13.3. The molecule has 0 amide bonds. The van der Waals surface area contributed by atoms with Crippen molar-refractivity contribution in [2.75, 3.05) is 13.1 Å². The molecule has 2 unspecified atom stereocenters. The Bertz CT molecular complexity index is 330. The van der Waals surface area contributed by atoms with Crippen molar-refractivity contribution in [3.8, 4) is 0 Å². The molecule has 0 aromatic heterocycles. The first-order valence-electron chi connectivity index (χ1n) is 6.81. The molecular weight excluding hydrogens is 236 g/mol. The average Bonchev–Trinajstić information content (AvgIpc) is 2.84. The zero-order chi connectivity index (χ0) is 12.3. The zero-order valence-electron chi connectivity index (χ0n) is 10.6. The minimum absolute atomic E-state index is 0.0981. The summed E-state index contributed by atoms with van der Waals surface area (Å²) in [6.07, 6.45) is 6.90. The van der Waals surface area contributed by atoms with Gasteiger partial charge < -0.3 is 5.32 Å². The SMILES string of the molecule is CC(NS(=O)(=O)C1CCNC1)C1CCCCC1. The molecule has 0 aromatic rings. The van der Waals surface area contributed by atoms with Gasteiger partial charge in [-0.3, -0.25) is 0 Å². The van der Waals surface area contributed by atoms with E-state index in [9.17, 15) is 8.42 Å². The van der Waals surface area contributed by atoms with E-state index in [1.807, 2.05) is 6.92 Å². The van der Waals surface area contributed by atoms with Crippen molar-refractivity contribution in [2.45, 2.75) is 56.7 Å². The lowest BCUT2D eigenvalue weighted by Crippen LogP contribution is -2.44. The summed E-state index contributed by atoms with van der Waals surface area (Å²) in [4.78, 5) is 0. The van der Waals surface area contributed by atoms with Crippen LogP contribution in [0.15, 0.2) is 0 Å². The second-order valence-electron chi connectivity index (χ2n) is 5.46. The van der Waals surface area contributed by atoms with E-state index in [-0.39, 0.29) is 11.3 Å². The van der Waals surface area contributed by atoms with E-state index in [4.69, 9.17) is 0 Å². The van der Waals surface area contributed by atoms with Crippen LogP contribution >= 0.6 is 0 Å². The summed E-state index contributed by atoms with van der Waals surface area (Å²) >= 11 is 0. The largest absolute Gasteiger partial charge is 0.315 e. The lowest BCUT2D eigenvalue weighted by Gasteiger charge is -2.29. The van der Waals surface area contributed by atoms with Crippen LogP contribution in [0.3, 0.4) is 0 Å². The summed E-state index contributed by atoms with van der Waals surface area (Å²) in [5, 5.41) is 2.88. The molecule has 1 saturated carbocycles. The summed E-state index contributed by atoms with van der Waals surface area (Å²) in [5.74, 6) is 0.535. The standard InChI is InChI=1S/C12H24N2O2S/c1-10(11-5-3-2-4-6-11)14-17(15,16)12-7-8-13-9-12/h10-14H,2-9H2,1H3. The second-order valence-corrected chi connectivity index (χ2v) is 7.46. The van der Waals surface area contributed by atoms with Gasteiger partial charge in [-0.1, -0.05) is 19.3 Å². The van der Waals surface area contributed by atoms with E-state index < -0.39 is 10.0 Å². The molecule has 1 aliphatic carbocycles. The van der Waals surface area contributed by atoms with E-state index in [2.05, 4.69) is 10.0 Å². The van der Waals surface area contributed by atoms with Crippen molar-refractivity contribution < 1.29 is 8.42 Å². The molecule has 2 N–H and O–H groups in total. The summed E-state index contributed by atoms with van der Waals surface area (Å²) in [5.41, 5.74) is 0. The Kier molecular flexibility index (Phi) is 4.44. The van der Waals surface area contributed by atoms with E-state index in [1.165, 1.54) is 32.1 Å². The molecule has 4 nitrogen and oxygen atoms in total. The minimum atomic E-state index is -3.12. The fourth-order valence-corrected chi connectivity index (χ4v) is 4.65. The van der Waals surface area contributed by atoms with Gasteiger partial charge in [0.15, 0.2) is 0 Å². The van der Waals surface area contributed by atoms with Crippen LogP contribution in [0.5, 0.6) is 0 Å². The Labute approximate surface area is 105 Å². The Morgan fingerprint density at radius 1 is 1.18 bits per heavy atom. The van der Waals surface area contributed by atoms with Gasteiger partial charge in [-0.2, -0.15) is 0 Å². The number of hydrogen-bond donors (Lipinski definition) is 2. The van der Waals surface area contributed by atoms with E-state index in [1.54, 1.807) is 0 Å². The molecule has 17 heavy (non-hydrogen) atoms. The molecule has 0 bridgehead atoms. The van der Waals surface area contributed by atoms with Gasteiger partial charge in [0.05, 0.1) is 5.25 Å². The van der Waals surface area contributed by atoms with Crippen LogP contribution in [0.4, 0.5) is 0 Å². The predicted octanol–water partition coefficient (Wildman–Crippen LogP) is 1.24. The third kappa shape index (κ3) is 3.42. The van der Waals surface area contributed by atoms with Crippen LogP contribution in [0, 0.1) is 5.92 Å². The van der Waals surface area contributed by atoms with Crippen LogP contribution in [-0.2, 0) is 10.0 Å². The number of nitrogens with one attached hydrogen (secondary N) is 2. The zero-order valence-corrected chi connectivity index (χ0v) is 11.4. The summed E-state index contributed by atoms with van der Waals surface area (Å²) < 4.78 is 27.2. The number of sulfonamides is 1. The fraction of sp³-hybridized carbons (Fsp3) is 1.00. The Morgan fingerprint density at radius 2 is 1.88 bits per heavy atom. The van der Waals surface area contributed by atoms with Crippen LogP contribution in [-0.4, -0.2) is 32.8 Å². The molecule has 2 fully saturated rings. The van der Waals surface area contributed by atoms with Crippen LogP contribution in [0.25, 0.3) is 0 Å². The smallest absolute Gasteiger partial charge is 0.216 e. The normalized spacial score (nSPS) is 29.4. The van der Waals surface area contributed by atoms with Gasteiger partial charge in [0.2, 0.25) is 10.0 Å². The van der Waals surface area contributed by atoms with E-state index in [0.29, 0.717) is 12.5 Å². The quantitative estimate of drug-likeness (QED) is 0.799. The molecule has 2 atom stereocenters. The van der Waals surface area contributed by atoms with Crippen molar-refractivity contribution in [1.29, 1.82) is 0 Å². The Hall–Kier alpha value is -0.130. The van der Waals surface area contributed by atoms with Gasteiger partial charge in [-0.15, -0.1) is 0 Å². The molecule has 1 saturated heterocycles. The van der Waals surface area contributed by atoms with Gasteiger partial charge in [-0.05, 0) is 38.6 Å². The maximum Gasteiger partial charge on any atom is 0.216 e. The number of rotatable bonds is 4. The first-order valence-corrected chi connectivity index (χ1v) is 8.36. The first-order chi connectivity index (χ1) is 8.09. The minimum Gasteiger partial charge on any atom is -0.315 e. The summed E-state index contributed by atoms with van der Waals surface area (Å²) in [6.45, 7) is 3.45. The van der Waals surface area contributed by atoms with Crippen molar-refractivity contribution in [1.82, 2.24) is 10.0 Å². The van der Waals surface area contributed by atoms with Crippen molar-refractivity contribution in [3.63, 3.8) is 0 Å². The molecule has 1 heterocycles. The van der Waals surface area contributed by atoms with Crippen molar-refractivity contribution >= 4 is 10.0 Å². The van der Waals surface area contributed by atoms with E-state index >= 15 is 0 Å². The van der Waals surface area contributed by atoms with Gasteiger partial charge in [-0.25, -0.2) is 13.1 Å². The molecular formula is C12H24N2O2S. The third-order valence-corrected chi connectivity index (χ3v) is 6.14. The van der Waals surface area contributed by atoms with Gasteiger partial charge >= 0.3 is 0 Å². The second kappa shape index (κ2) is 5.67. The third-order valence-electron chi connectivity index (χ3n) is 4.16. The van der Waals surface area contributed by atoms with Crippen LogP contribution < -0.4 is 10.0 Å². The fourth-order valence-electron chi connectivity index (χ4n) is 2.98.